The molecule has 2 atom stereocenters. The Morgan fingerprint density at radius 3 is 2.03 bits per heavy atom. The number of carbonyl (C=O) groups excluding carboxylic acids is 2. The molecule has 4 rings (SSSR count). The van der Waals surface area contributed by atoms with E-state index in [1.54, 1.807) is 0 Å². The Kier molecular flexibility index (Phi) is 6.14. The SMILES string of the molecule is CC(=O)[C@@H](O)[C@H](Cc1ccccc1)NC(=O)OCC1c2ccccc2-c2ccccc21. The lowest BCUT2D eigenvalue weighted by Crippen LogP contribution is -2.48. The maximum atomic E-state index is 12.6. The van der Waals surface area contributed by atoms with E-state index in [1.165, 1.54) is 6.92 Å². The summed E-state index contributed by atoms with van der Waals surface area (Å²) in [6, 6.07) is 24.9. The summed E-state index contributed by atoms with van der Waals surface area (Å²) in [5, 5.41) is 13.0. The summed E-state index contributed by atoms with van der Waals surface area (Å²) in [5.41, 5.74) is 5.47. The summed E-state index contributed by atoms with van der Waals surface area (Å²) >= 11 is 0. The molecule has 0 heterocycles. The van der Waals surface area contributed by atoms with Crippen molar-refractivity contribution in [3.63, 3.8) is 0 Å². The average Bonchev–Trinajstić information content (AvgIpc) is 3.11. The van der Waals surface area contributed by atoms with Crippen molar-refractivity contribution < 1.29 is 19.4 Å². The van der Waals surface area contributed by atoms with Crippen LogP contribution in [-0.2, 0) is 16.0 Å². The lowest BCUT2D eigenvalue weighted by Gasteiger charge is -2.23. The zero-order valence-electron chi connectivity index (χ0n) is 17.3. The van der Waals surface area contributed by atoms with Crippen LogP contribution in [0, 0.1) is 0 Å². The van der Waals surface area contributed by atoms with Gasteiger partial charge in [0.1, 0.15) is 12.7 Å². The molecular formula is C26H25NO4. The monoisotopic (exact) mass is 415 g/mol. The Balaban J connectivity index is 1.46. The summed E-state index contributed by atoms with van der Waals surface area (Å²) < 4.78 is 5.57. The molecule has 5 heteroatoms. The van der Waals surface area contributed by atoms with Crippen LogP contribution in [-0.4, -0.2) is 35.7 Å². The molecule has 158 valence electrons. The van der Waals surface area contributed by atoms with E-state index in [4.69, 9.17) is 4.74 Å². The molecule has 0 aliphatic heterocycles. The second-order valence-corrected chi connectivity index (χ2v) is 7.82. The third-order valence-electron chi connectivity index (χ3n) is 5.74. The van der Waals surface area contributed by atoms with Gasteiger partial charge in [0.2, 0.25) is 0 Å². The highest BCUT2D eigenvalue weighted by atomic mass is 16.5. The van der Waals surface area contributed by atoms with E-state index in [9.17, 15) is 14.7 Å². The number of aliphatic hydroxyl groups is 1. The maximum absolute atomic E-state index is 12.6. The van der Waals surface area contributed by atoms with Crippen molar-refractivity contribution in [1.29, 1.82) is 0 Å². The molecule has 1 aliphatic carbocycles. The molecule has 0 unspecified atom stereocenters. The van der Waals surface area contributed by atoms with Crippen LogP contribution in [0.2, 0.25) is 0 Å². The molecule has 5 nitrogen and oxygen atoms in total. The van der Waals surface area contributed by atoms with Crippen molar-refractivity contribution in [3.8, 4) is 11.1 Å². The van der Waals surface area contributed by atoms with Gasteiger partial charge in [0.25, 0.3) is 0 Å². The molecule has 0 saturated carbocycles. The molecule has 1 amide bonds. The zero-order valence-corrected chi connectivity index (χ0v) is 17.3. The minimum absolute atomic E-state index is 0.0524. The van der Waals surface area contributed by atoms with Gasteiger partial charge in [-0.1, -0.05) is 78.9 Å². The lowest BCUT2D eigenvalue weighted by atomic mass is 9.98. The Bertz CT molecular complexity index is 1030. The minimum Gasteiger partial charge on any atom is -0.449 e. The van der Waals surface area contributed by atoms with Crippen LogP contribution in [0.15, 0.2) is 78.9 Å². The van der Waals surface area contributed by atoms with Crippen molar-refractivity contribution in [2.45, 2.75) is 31.4 Å². The molecule has 0 radical (unpaired) electrons. The Morgan fingerprint density at radius 2 is 1.45 bits per heavy atom. The highest BCUT2D eigenvalue weighted by molar-refractivity contribution is 5.82. The standard InChI is InChI=1S/C26H25NO4/c1-17(28)25(29)24(15-18-9-3-2-4-10-18)27-26(30)31-16-23-21-13-7-5-11-19(21)20-12-6-8-14-22(20)23/h2-14,23-25,29H,15-16H2,1H3,(H,27,30)/t24-,25+/m0/s1. The molecule has 3 aromatic carbocycles. The molecule has 1 aliphatic rings. The molecule has 0 spiro atoms. The number of hydrogen-bond acceptors (Lipinski definition) is 4. The van der Waals surface area contributed by atoms with Crippen LogP contribution in [0.3, 0.4) is 0 Å². The fourth-order valence-corrected chi connectivity index (χ4v) is 4.18. The van der Waals surface area contributed by atoms with Crippen LogP contribution in [0.5, 0.6) is 0 Å². The van der Waals surface area contributed by atoms with Gasteiger partial charge >= 0.3 is 6.09 Å². The predicted molar refractivity (Wildman–Crippen MR) is 119 cm³/mol. The summed E-state index contributed by atoms with van der Waals surface area (Å²) in [4.78, 5) is 24.4. The van der Waals surface area contributed by atoms with E-state index in [0.29, 0.717) is 6.42 Å². The molecule has 0 aromatic heterocycles. The number of fused-ring (bicyclic) bond motifs is 3. The largest absolute Gasteiger partial charge is 0.449 e. The van der Waals surface area contributed by atoms with Crippen molar-refractivity contribution in [1.82, 2.24) is 5.32 Å². The van der Waals surface area contributed by atoms with E-state index in [-0.39, 0.29) is 12.5 Å². The van der Waals surface area contributed by atoms with Crippen molar-refractivity contribution >= 4 is 11.9 Å². The number of rotatable bonds is 7. The maximum Gasteiger partial charge on any atom is 0.407 e. The van der Waals surface area contributed by atoms with Crippen molar-refractivity contribution in [3.05, 3.63) is 95.6 Å². The van der Waals surface area contributed by atoms with Crippen LogP contribution in [0.25, 0.3) is 11.1 Å². The number of ketones is 1. The number of benzene rings is 3. The van der Waals surface area contributed by atoms with Gasteiger partial charge in [0.05, 0.1) is 6.04 Å². The predicted octanol–water partition coefficient (Wildman–Crippen LogP) is 4.09. The number of carbonyl (C=O) groups is 2. The van der Waals surface area contributed by atoms with Crippen LogP contribution in [0.1, 0.15) is 29.5 Å². The molecule has 3 aromatic rings. The zero-order chi connectivity index (χ0) is 21.8. The van der Waals surface area contributed by atoms with Gasteiger partial charge in [-0.2, -0.15) is 0 Å². The molecule has 31 heavy (non-hydrogen) atoms. The Labute approximate surface area is 181 Å². The van der Waals surface area contributed by atoms with Crippen LogP contribution >= 0.6 is 0 Å². The van der Waals surface area contributed by atoms with E-state index in [2.05, 4.69) is 29.6 Å². The first-order valence-electron chi connectivity index (χ1n) is 10.4. The number of nitrogens with one attached hydrogen (secondary N) is 1. The van der Waals surface area contributed by atoms with Crippen molar-refractivity contribution in [2.24, 2.45) is 0 Å². The lowest BCUT2D eigenvalue weighted by molar-refractivity contribution is -0.126. The molecule has 0 bridgehead atoms. The van der Waals surface area contributed by atoms with Gasteiger partial charge in [0, 0.05) is 5.92 Å². The normalized spacial score (nSPS) is 14.3. The first-order valence-corrected chi connectivity index (χ1v) is 10.4. The van der Waals surface area contributed by atoms with Gasteiger partial charge in [-0.05, 0) is 41.2 Å². The van der Waals surface area contributed by atoms with Gasteiger partial charge < -0.3 is 15.2 Å². The molecule has 0 fully saturated rings. The highest BCUT2D eigenvalue weighted by Crippen LogP contribution is 2.44. The van der Waals surface area contributed by atoms with E-state index in [0.717, 1.165) is 27.8 Å². The number of amides is 1. The first-order chi connectivity index (χ1) is 15.0. The first kappa shape index (κ1) is 20.8. The highest BCUT2D eigenvalue weighted by Gasteiger charge is 2.30. The third-order valence-corrected chi connectivity index (χ3v) is 5.74. The number of aliphatic hydroxyl groups excluding tert-OH is 1. The smallest absolute Gasteiger partial charge is 0.407 e. The van der Waals surface area contributed by atoms with E-state index in [1.807, 2.05) is 54.6 Å². The second kappa shape index (κ2) is 9.14. The van der Waals surface area contributed by atoms with Gasteiger partial charge in [-0.25, -0.2) is 4.79 Å². The third kappa shape index (κ3) is 4.52. The fourth-order valence-electron chi connectivity index (χ4n) is 4.18. The number of Topliss-reactive ketones (excluding diaryl/α,β-unsaturated/α-hetero) is 1. The summed E-state index contributed by atoms with van der Waals surface area (Å²) in [5.74, 6) is -0.455. The average molecular weight is 415 g/mol. The van der Waals surface area contributed by atoms with Gasteiger partial charge in [-0.15, -0.1) is 0 Å². The summed E-state index contributed by atoms with van der Waals surface area (Å²) in [6.45, 7) is 1.48. The summed E-state index contributed by atoms with van der Waals surface area (Å²) in [6.07, 6.45) is -1.63. The van der Waals surface area contributed by atoms with E-state index < -0.39 is 24.0 Å². The molecule has 2 N–H and O–H groups in total. The van der Waals surface area contributed by atoms with Gasteiger partial charge in [0.15, 0.2) is 5.78 Å². The second-order valence-electron chi connectivity index (χ2n) is 7.82. The topological polar surface area (TPSA) is 75.6 Å². The number of ether oxygens (including phenoxy) is 1. The Hall–Kier alpha value is -3.44. The van der Waals surface area contributed by atoms with Crippen LogP contribution < -0.4 is 5.32 Å². The quantitative estimate of drug-likeness (QED) is 0.610. The minimum atomic E-state index is -1.30. The summed E-state index contributed by atoms with van der Waals surface area (Å²) in [7, 11) is 0. The van der Waals surface area contributed by atoms with Crippen LogP contribution in [0.4, 0.5) is 4.79 Å². The Morgan fingerprint density at radius 1 is 0.903 bits per heavy atom. The van der Waals surface area contributed by atoms with Gasteiger partial charge in [-0.3, -0.25) is 4.79 Å². The fraction of sp³-hybridized carbons (Fsp3) is 0.231. The molecular weight excluding hydrogens is 390 g/mol. The molecule has 0 saturated heterocycles. The number of hydrogen-bond donors (Lipinski definition) is 2. The van der Waals surface area contributed by atoms with Crippen molar-refractivity contribution in [2.75, 3.05) is 6.61 Å². The van der Waals surface area contributed by atoms with E-state index >= 15 is 0 Å². The number of alkyl carbamates (subject to hydrolysis) is 1.